The van der Waals surface area contributed by atoms with Gasteiger partial charge < -0.3 is 15.2 Å². The summed E-state index contributed by atoms with van der Waals surface area (Å²) in [5.74, 6) is 0.674. The van der Waals surface area contributed by atoms with Crippen molar-refractivity contribution in [2.75, 3.05) is 13.7 Å². The quantitative estimate of drug-likeness (QED) is 0.835. The molecule has 0 amide bonds. The van der Waals surface area contributed by atoms with E-state index in [-0.39, 0.29) is 12.1 Å². The standard InChI is InChI=1S/C12H18ClNO2/c1-8(15)7-14-9(2)10-4-5-12(16-3)11(13)6-10/h4-6,8-9,14-15H,7H2,1-3H3/t8-,9?/m0/s1. The van der Waals surface area contributed by atoms with Crippen LogP contribution in [0.4, 0.5) is 0 Å². The average Bonchev–Trinajstić information content (AvgIpc) is 2.25. The van der Waals surface area contributed by atoms with Crippen LogP contribution >= 0.6 is 11.6 Å². The summed E-state index contributed by atoms with van der Waals surface area (Å²) in [7, 11) is 1.59. The number of aliphatic hydroxyl groups is 1. The second-order valence-corrected chi connectivity index (χ2v) is 4.28. The van der Waals surface area contributed by atoms with Crippen molar-refractivity contribution in [1.29, 1.82) is 0 Å². The smallest absolute Gasteiger partial charge is 0.137 e. The Morgan fingerprint density at radius 3 is 2.62 bits per heavy atom. The molecule has 0 aliphatic carbocycles. The third-order valence-electron chi connectivity index (χ3n) is 2.40. The summed E-state index contributed by atoms with van der Waals surface area (Å²) in [6.07, 6.45) is -0.351. The highest BCUT2D eigenvalue weighted by Crippen LogP contribution is 2.27. The van der Waals surface area contributed by atoms with Crippen LogP contribution in [0.1, 0.15) is 25.5 Å². The predicted molar refractivity (Wildman–Crippen MR) is 66.1 cm³/mol. The largest absolute Gasteiger partial charge is 0.495 e. The minimum atomic E-state index is -0.351. The van der Waals surface area contributed by atoms with E-state index in [1.807, 2.05) is 25.1 Å². The number of rotatable bonds is 5. The van der Waals surface area contributed by atoms with Gasteiger partial charge in [-0.2, -0.15) is 0 Å². The van der Waals surface area contributed by atoms with Crippen molar-refractivity contribution in [2.45, 2.75) is 26.0 Å². The Balaban J connectivity index is 2.69. The fraction of sp³-hybridized carbons (Fsp3) is 0.500. The summed E-state index contributed by atoms with van der Waals surface area (Å²) in [6.45, 7) is 4.34. The third-order valence-corrected chi connectivity index (χ3v) is 2.69. The highest BCUT2D eigenvalue weighted by atomic mass is 35.5. The molecule has 1 unspecified atom stereocenters. The molecule has 90 valence electrons. The van der Waals surface area contributed by atoms with Crippen molar-refractivity contribution in [1.82, 2.24) is 5.32 Å². The van der Waals surface area contributed by atoms with E-state index in [1.165, 1.54) is 0 Å². The van der Waals surface area contributed by atoms with Crippen molar-refractivity contribution in [3.8, 4) is 5.75 Å². The van der Waals surface area contributed by atoms with Gasteiger partial charge in [-0.25, -0.2) is 0 Å². The number of hydrogen-bond donors (Lipinski definition) is 2. The van der Waals surface area contributed by atoms with Crippen molar-refractivity contribution in [3.05, 3.63) is 28.8 Å². The van der Waals surface area contributed by atoms with Crippen molar-refractivity contribution in [3.63, 3.8) is 0 Å². The fourth-order valence-corrected chi connectivity index (χ4v) is 1.68. The molecule has 2 N–H and O–H groups in total. The Hall–Kier alpha value is -0.770. The minimum absolute atomic E-state index is 0.151. The first-order chi connectivity index (χ1) is 7.54. The molecule has 2 atom stereocenters. The van der Waals surface area contributed by atoms with Crippen LogP contribution < -0.4 is 10.1 Å². The lowest BCUT2D eigenvalue weighted by molar-refractivity contribution is 0.187. The normalized spacial score (nSPS) is 14.6. The molecule has 0 aliphatic rings. The van der Waals surface area contributed by atoms with Crippen molar-refractivity contribution in [2.24, 2.45) is 0 Å². The van der Waals surface area contributed by atoms with Gasteiger partial charge in [0.05, 0.1) is 18.2 Å². The van der Waals surface area contributed by atoms with Gasteiger partial charge in [0.2, 0.25) is 0 Å². The van der Waals surface area contributed by atoms with E-state index < -0.39 is 0 Å². The van der Waals surface area contributed by atoms with Crippen LogP contribution in [0, 0.1) is 0 Å². The molecule has 0 radical (unpaired) electrons. The molecular weight excluding hydrogens is 226 g/mol. The first kappa shape index (κ1) is 13.3. The van der Waals surface area contributed by atoms with E-state index in [2.05, 4.69) is 5.32 Å². The maximum absolute atomic E-state index is 9.18. The van der Waals surface area contributed by atoms with Gasteiger partial charge in [-0.15, -0.1) is 0 Å². The van der Waals surface area contributed by atoms with Crippen molar-refractivity contribution >= 4 is 11.6 Å². The van der Waals surface area contributed by atoms with Gasteiger partial charge in [0.25, 0.3) is 0 Å². The molecule has 1 rings (SSSR count). The van der Waals surface area contributed by atoms with Crippen molar-refractivity contribution < 1.29 is 9.84 Å². The van der Waals surface area contributed by atoms with Crippen LogP contribution in [0.3, 0.4) is 0 Å². The summed E-state index contributed by atoms with van der Waals surface area (Å²) in [5.41, 5.74) is 1.08. The second kappa shape index (κ2) is 6.09. The van der Waals surface area contributed by atoms with Gasteiger partial charge >= 0.3 is 0 Å². The molecule has 16 heavy (non-hydrogen) atoms. The van der Waals surface area contributed by atoms with E-state index in [1.54, 1.807) is 14.0 Å². The number of hydrogen-bond acceptors (Lipinski definition) is 3. The second-order valence-electron chi connectivity index (χ2n) is 3.87. The Labute approximate surface area is 101 Å². The molecule has 0 saturated carbocycles. The van der Waals surface area contributed by atoms with Gasteiger partial charge in [-0.05, 0) is 31.5 Å². The highest BCUT2D eigenvalue weighted by molar-refractivity contribution is 6.32. The first-order valence-corrected chi connectivity index (χ1v) is 5.67. The molecule has 0 saturated heterocycles. The Morgan fingerprint density at radius 2 is 2.12 bits per heavy atom. The zero-order chi connectivity index (χ0) is 12.1. The van der Waals surface area contributed by atoms with E-state index in [9.17, 15) is 5.11 Å². The molecule has 0 spiro atoms. The molecule has 0 aliphatic heterocycles. The monoisotopic (exact) mass is 243 g/mol. The van der Waals surface area contributed by atoms with Gasteiger partial charge in [0, 0.05) is 12.6 Å². The molecule has 4 heteroatoms. The number of methoxy groups -OCH3 is 1. The Bertz CT molecular complexity index is 342. The average molecular weight is 244 g/mol. The van der Waals surface area contributed by atoms with E-state index in [0.717, 1.165) is 5.56 Å². The summed E-state index contributed by atoms with van der Waals surface area (Å²) in [5, 5.41) is 13.0. The number of benzene rings is 1. The lowest BCUT2D eigenvalue weighted by Gasteiger charge is -2.16. The molecule has 0 bridgehead atoms. The van der Waals surface area contributed by atoms with Crippen LogP contribution in [-0.4, -0.2) is 24.9 Å². The number of nitrogens with one attached hydrogen (secondary N) is 1. The molecule has 0 fully saturated rings. The van der Waals surface area contributed by atoms with E-state index in [4.69, 9.17) is 16.3 Å². The van der Waals surface area contributed by atoms with Gasteiger partial charge in [-0.3, -0.25) is 0 Å². The summed E-state index contributed by atoms with van der Waals surface area (Å²) >= 11 is 6.03. The number of halogens is 1. The maximum Gasteiger partial charge on any atom is 0.137 e. The summed E-state index contributed by atoms with van der Waals surface area (Å²) in [6, 6.07) is 5.83. The topological polar surface area (TPSA) is 41.5 Å². The van der Waals surface area contributed by atoms with Crippen LogP contribution in [0.25, 0.3) is 0 Å². The summed E-state index contributed by atoms with van der Waals surface area (Å²) in [4.78, 5) is 0. The van der Waals surface area contributed by atoms with Crippen LogP contribution in [0.5, 0.6) is 5.75 Å². The third kappa shape index (κ3) is 3.67. The SMILES string of the molecule is COc1ccc(C(C)NC[C@H](C)O)cc1Cl. The van der Waals surface area contributed by atoms with Crippen LogP contribution in [-0.2, 0) is 0 Å². The molecule has 0 heterocycles. The molecular formula is C12H18ClNO2. The van der Waals surface area contributed by atoms with Gasteiger partial charge in [0.1, 0.15) is 5.75 Å². The first-order valence-electron chi connectivity index (χ1n) is 5.29. The Morgan fingerprint density at radius 1 is 1.44 bits per heavy atom. The molecule has 1 aromatic rings. The van der Waals surface area contributed by atoms with Crippen LogP contribution in [0.15, 0.2) is 18.2 Å². The zero-order valence-corrected chi connectivity index (χ0v) is 10.6. The van der Waals surface area contributed by atoms with E-state index in [0.29, 0.717) is 17.3 Å². The highest BCUT2D eigenvalue weighted by Gasteiger charge is 2.08. The Kier molecular flexibility index (Phi) is 5.06. The minimum Gasteiger partial charge on any atom is -0.495 e. The number of ether oxygens (including phenoxy) is 1. The lowest BCUT2D eigenvalue weighted by atomic mass is 10.1. The number of aliphatic hydroxyl groups excluding tert-OH is 1. The van der Waals surface area contributed by atoms with Gasteiger partial charge in [-0.1, -0.05) is 17.7 Å². The fourth-order valence-electron chi connectivity index (χ4n) is 1.42. The lowest BCUT2D eigenvalue weighted by Crippen LogP contribution is -2.27. The van der Waals surface area contributed by atoms with Gasteiger partial charge in [0.15, 0.2) is 0 Å². The van der Waals surface area contributed by atoms with Crippen LogP contribution in [0.2, 0.25) is 5.02 Å². The predicted octanol–water partition coefficient (Wildman–Crippen LogP) is 2.38. The summed E-state index contributed by atoms with van der Waals surface area (Å²) < 4.78 is 5.09. The molecule has 1 aromatic carbocycles. The van der Waals surface area contributed by atoms with E-state index >= 15 is 0 Å². The maximum atomic E-state index is 9.18. The zero-order valence-electron chi connectivity index (χ0n) is 9.83. The molecule has 3 nitrogen and oxygen atoms in total. The molecule has 0 aromatic heterocycles.